The summed E-state index contributed by atoms with van der Waals surface area (Å²) < 4.78 is 7.19. The van der Waals surface area contributed by atoms with E-state index < -0.39 is 5.60 Å². The lowest BCUT2D eigenvalue weighted by Gasteiger charge is -2.34. The molecule has 0 saturated carbocycles. The van der Waals surface area contributed by atoms with Gasteiger partial charge in [-0.25, -0.2) is 9.86 Å². The first-order valence-corrected chi connectivity index (χ1v) is 8.16. The zero-order valence-corrected chi connectivity index (χ0v) is 14.8. The van der Waals surface area contributed by atoms with Crippen LogP contribution in [0.3, 0.4) is 0 Å². The van der Waals surface area contributed by atoms with Crippen LogP contribution in [0.5, 0.6) is 0 Å². The first kappa shape index (κ1) is 16.8. The van der Waals surface area contributed by atoms with Crippen LogP contribution in [-0.2, 0) is 29.1 Å². The highest BCUT2D eigenvalue weighted by Crippen LogP contribution is 2.28. The highest BCUT2D eigenvalue weighted by molar-refractivity contribution is 5.93. The molecule has 2 amide bonds. The van der Waals surface area contributed by atoms with Crippen molar-refractivity contribution in [3.8, 4) is 0 Å². The lowest BCUT2D eigenvalue weighted by Crippen LogP contribution is -2.45. The number of carbonyl (C=O) groups excluding carboxylic acids is 2. The van der Waals surface area contributed by atoms with Gasteiger partial charge in [0.25, 0.3) is 5.91 Å². The Morgan fingerprint density at radius 3 is 2.75 bits per heavy atom. The first-order chi connectivity index (χ1) is 11.2. The second-order valence-corrected chi connectivity index (χ2v) is 7.29. The van der Waals surface area contributed by atoms with Crippen molar-refractivity contribution < 1.29 is 19.2 Å². The van der Waals surface area contributed by atoms with Gasteiger partial charge in [0.05, 0.1) is 25.4 Å². The predicted molar refractivity (Wildman–Crippen MR) is 85.2 cm³/mol. The van der Waals surface area contributed by atoms with Gasteiger partial charge in [-0.05, 0) is 27.7 Å². The quantitative estimate of drug-likeness (QED) is 0.719. The maximum Gasteiger partial charge on any atom is 0.410 e. The Balaban J connectivity index is 1.93. The summed E-state index contributed by atoms with van der Waals surface area (Å²) in [6, 6.07) is -0.0319. The summed E-state index contributed by atoms with van der Waals surface area (Å²) in [7, 11) is 1.59. The molecule has 132 valence electrons. The van der Waals surface area contributed by atoms with Crippen molar-refractivity contribution in [1.82, 2.24) is 19.7 Å². The zero-order valence-electron chi connectivity index (χ0n) is 14.8. The van der Waals surface area contributed by atoms with Gasteiger partial charge in [-0.2, -0.15) is 5.10 Å². The standard InChI is InChI=1S/C16H24N4O4/c1-10-8-12-11(9-19(10)15(22)24-16(2,3)4)13-14(21)18(5)23-7-6-20(13)17-12/h10H,6-9H2,1-5H3/t10-/m1/s1. The molecule has 2 aliphatic rings. The van der Waals surface area contributed by atoms with Crippen LogP contribution in [0.2, 0.25) is 0 Å². The summed E-state index contributed by atoms with van der Waals surface area (Å²) in [5, 5.41) is 5.80. The monoisotopic (exact) mass is 336 g/mol. The molecule has 1 aromatic heterocycles. The molecule has 0 fully saturated rings. The van der Waals surface area contributed by atoms with Crippen LogP contribution in [0.4, 0.5) is 4.79 Å². The molecule has 1 atom stereocenters. The van der Waals surface area contributed by atoms with E-state index in [0.717, 1.165) is 11.3 Å². The van der Waals surface area contributed by atoms with Gasteiger partial charge in [0, 0.05) is 25.1 Å². The summed E-state index contributed by atoms with van der Waals surface area (Å²) in [6.45, 7) is 8.71. The number of ether oxygens (including phenoxy) is 1. The van der Waals surface area contributed by atoms with Crippen LogP contribution in [0, 0.1) is 0 Å². The maximum atomic E-state index is 12.6. The first-order valence-electron chi connectivity index (χ1n) is 8.16. The fraction of sp³-hybridized carbons (Fsp3) is 0.688. The molecular weight excluding hydrogens is 312 g/mol. The van der Waals surface area contributed by atoms with Gasteiger partial charge >= 0.3 is 6.09 Å². The van der Waals surface area contributed by atoms with Crippen molar-refractivity contribution in [2.24, 2.45) is 0 Å². The van der Waals surface area contributed by atoms with Crippen LogP contribution in [0.25, 0.3) is 0 Å². The highest BCUT2D eigenvalue weighted by Gasteiger charge is 2.37. The number of hydrogen-bond acceptors (Lipinski definition) is 5. The molecule has 0 radical (unpaired) electrons. The van der Waals surface area contributed by atoms with Crippen molar-refractivity contribution in [3.05, 3.63) is 17.0 Å². The normalized spacial score (nSPS) is 21.2. The molecule has 1 aromatic rings. The highest BCUT2D eigenvalue weighted by atomic mass is 16.7. The van der Waals surface area contributed by atoms with Crippen molar-refractivity contribution >= 4 is 12.0 Å². The van der Waals surface area contributed by atoms with Gasteiger partial charge < -0.3 is 9.64 Å². The van der Waals surface area contributed by atoms with Gasteiger partial charge in [0.15, 0.2) is 0 Å². The maximum absolute atomic E-state index is 12.6. The molecule has 0 spiro atoms. The molecule has 3 rings (SSSR count). The van der Waals surface area contributed by atoms with Crippen LogP contribution in [-0.4, -0.2) is 57.0 Å². The minimum absolute atomic E-state index is 0.0319. The summed E-state index contributed by atoms with van der Waals surface area (Å²) >= 11 is 0. The second-order valence-electron chi connectivity index (χ2n) is 7.29. The van der Waals surface area contributed by atoms with Crippen molar-refractivity contribution in [2.75, 3.05) is 13.7 Å². The van der Waals surface area contributed by atoms with E-state index in [-0.39, 0.29) is 18.0 Å². The zero-order chi connectivity index (χ0) is 17.6. The number of nitrogens with zero attached hydrogens (tertiary/aromatic N) is 4. The van der Waals surface area contributed by atoms with Gasteiger partial charge in [-0.1, -0.05) is 0 Å². The lowest BCUT2D eigenvalue weighted by molar-refractivity contribution is -0.103. The lowest BCUT2D eigenvalue weighted by atomic mass is 9.99. The number of hydroxylamine groups is 2. The van der Waals surface area contributed by atoms with E-state index in [1.54, 1.807) is 16.6 Å². The molecule has 3 heterocycles. The van der Waals surface area contributed by atoms with E-state index in [1.165, 1.54) is 5.06 Å². The summed E-state index contributed by atoms with van der Waals surface area (Å²) in [4.78, 5) is 32.0. The van der Waals surface area contributed by atoms with Crippen molar-refractivity contribution in [3.63, 3.8) is 0 Å². The average molecular weight is 336 g/mol. The molecule has 8 heteroatoms. The molecule has 0 N–H and O–H groups in total. The molecule has 0 bridgehead atoms. The Kier molecular flexibility index (Phi) is 4.03. The minimum Gasteiger partial charge on any atom is -0.444 e. The van der Waals surface area contributed by atoms with Crippen molar-refractivity contribution in [1.29, 1.82) is 0 Å². The van der Waals surface area contributed by atoms with Gasteiger partial charge in [0.1, 0.15) is 11.3 Å². The van der Waals surface area contributed by atoms with Crippen LogP contribution in [0.15, 0.2) is 0 Å². The summed E-state index contributed by atoms with van der Waals surface area (Å²) in [5.41, 5.74) is 1.62. The van der Waals surface area contributed by atoms with E-state index in [1.807, 2.05) is 27.7 Å². The van der Waals surface area contributed by atoms with E-state index in [2.05, 4.69) is 5.10 Å². The fourth-order valence-corrected chi connectivity index (χ4v) is 3.03. The van der Waals surface area contributed by atoms with Crippen LogP contribution >= 0.6 is 0 Å². The van der Waals surface area contributed by atoms with Gasteiger partial charge in [-0.15, -0.1) is 0 Å². The van der Waals surface area contributed by atoms with Crippen molar-refractivity contribution in [2.45, 2.75) is 58.8 Å². The molecule has 0 saturated heterocycles. The summed E-state index contributed by atoms with van der Waals surface area (Å²) in [5.74, 6) is -0.236. The number of carbonyl (C=O) groups is 2. The average Bonchev–Trinajstić information content (AvgIpc) is 2.73. The third-order valence-corrected chi connectivity index (χ3v) is 4.19. The fourth-order valence-electron chi connectivity index (χ4n) is 3.03. The number of aromatic nitrogens is 2. The smallest absolute Gasteiger partial charge is 0.410 e. The number of amides is 2. The predicted octanol–water partition coefficient (Wildman–Crippen LogP) is 1.58. The van der Waals surface area contributed by atoms with E-state index >= 15 is 0 Å². The van der Waals surface area contributed by atoms with Gasteiger partial charge in [-0.3, -0.25) is 14.3 Å². The number of rotatable bonds is 0. The largest absolute Gasteiger partial charge is 0.444 e. The topological polar surface area (TPSA) is 76.9 Å². The Bertz CT molecular complexity index is 676. The molecule has 24 heavy (non-hydrogen) atoms. The Hall–Kier alpha value is -2.09. The molecule has 0 unspecified atom stereocenters. The molecular formula is C16H24N4O4. The van der Waals surface area contributed by atoms with Crippen LogP contribution in [0.1, 0.15) is 49.4 Å². The Morgan fingerprint density at radius 2 is 2.08 bits per heavy atom. The molecule has 0 aromatic carbocycles. The SMILES string of the molecule is C[C@@H]1Cc2nn3c(c2CN1C(=O)OC(C)(C)C)C(=O)N(C)OCC3. The third-order valence-electron chi connectivity index (χ3n) is 4.19. The third kappa shape index (κ3) is 2.98. The number of hydrogen-bond donors (Lipinski definition) is 0. The summed E-state index contributed by atoms with van der Waals surface area (Å²) in [6.07, 6.45) is 0.234. The van der Waals surface area contributed by atoms with E-state index in [0.29, 0.717) is 31.8 Å². The molecule has 2 aliphatic heterocycles. The van der Waals surface area contributed by atoms with E-state index in [4.69, 9.17) is 9.57 Å². The molecule has 8 nitrogen and oxygen atoms in total. The Labute approximate surface area is 141 Å². The van der Waals surface area contributed by atoms with E-state index in [9.17, 15) is 9.59 Å². The van der Waals surface area contributed by atoms with Gasteiger partial charge in [0.2, 0.25) is 0 Å². The minimum atomic E-state index is -0.559. The molecule has 0 aliphatic carbocycles. The number of fused-ring (bicyclic) bond motifs is 3. The van der Waals surface area contributed by atoms with Crippen LogP contribution < -0.4 is 0 Å². The second kappa shape index (κ2) is 5.77. The Morgan fingerprint density at radius 1 is 1.38 bits per heavy atom.